The number of hydrogen-bond acceptors (Lipinski definition) is 3. The molecule has 2 saturated heterocycles. The molecule has 3 saturated carbocycles. The van der Waals surface area contributed by atoms with Crippen LogP contribution in [0.25, 0.3) is 0 Å². The number of carbonyl (C=O) groups is 1. The number of hydrogen-bond donors (Lipinski definition) is 2. The summed E-state index contributed by atoms with van der Waals surface area (Å²) in [7, 11) is 0. The molecule has 12 atom stereocenters. The van der Waals surface area contributed by atoms with E-state index in [1.54, 1.807) is 0 Å². The molecule has 0 unspecified atom stereocenters. The zero-order chi connectivity index (χ0) is 22.1. The van der Waals surface area contributed by atoms with E-state index >= 15 is 0 Å². The molecule has 3 aliphatic carbocycles. The van der Waals surface area contributed by atoms with E-state index in [1.807, 2.05) is 0 Å². The van der Waals surface area contributed by atoms with Gasteiger partial charge in [0.15, 0.2) is 0 Å². The normalized spacial score (nSPS) is 55.2. The molecule has 2 N–H and O–H groups in total. The van der Waals surface area contributed by atoms with Crippen LogP contribution in [0.15, 0.2) is 0 Å². The Kier molecular flexibility index (Phi) is 5.73. The van der Waals surface area contributed by atoms with Crippen molar-refractivity contribution in [2.45, 2.75) is 104 Å². The molecular weight excluding hydrogens is 386 g/mol. The fourth-order valence-corrected chi connectivity index (χ4v) is 9.24. The Morgan fingerprint density at radius 3 is 2.48 bits per heavy atom. The Morgan fingerprint density at radius 1 is 0.935 bits per heavy atom. The number of piperidine rings is 2. The van der Waals surface area contributed by atoms with Crippen molar-refractivity contribution in [3.8, 4) is 0 Å². The molecule has 5 fully saturated rings. The van der Waals surface area contributed by atoms with Crippen molar-refractivity contribution < 1.29 is 15.0 Å². The molecular formula is C27H45NO3. The number of fused-ring (bicyclic) bond motifs is 3. The molecule has 5 rings (SSSR count). The van der Waals surface area contributed by atoms with Crippen molar-refractivity contribution in [3.05, 3.63) is 0 Å². The van der Waals surface area contributed by atoms with Crippen LogP contribution in [0, 0.1) is 52.8 Å². The lowest BCUT2D eigenvalue weighted by atomic mass is 9.48. The van der Waals surface area contributed by atoms with E-state index in [9.17, 15) is 15.0 Å². The summed E-state index contributed by atoms with van der Waals surface area (Å²) >= 11 is 0. The maximum Gasteiger partial charge on any atom is 0.226 e. The minimum absolute atomic E-state index is 0.121. The summed E-state index contributed by atoms with van der Waals surface area (Å²) in [5, 5.41) is 21.4. The van der Waals surface area contributed by atoms with E-state index in [0.717, 1.165) is 38.6 Å². The third-order valence-electron chi connectivity index (χ3n) is 11.3. The lowest BCUT2D eigenvalue weighted by Crippen LogP contribution is -2.60. The summed E-state index contributed by atoms with van der Waals surface area (Å²) in [6.07, 6.45) is 8.90. The first-order valence-electron chi connectivity index (χ1n) is 13.4. The molecule has 0 aromatic rings. The Hall–Kier alpha value is -0.610. The smallest absolute Gasteiger partial charge is 0.226 e. The summed E-state index contributed by atoms with van der Waals surface area (Å²) < 4.78 is 0. The molecule has 4 heteroatoms. The van der Waals surface area contributed by atoms with Gasteiger partial charge in [0.05, 0.1) is 12.2 Å². The van der Waals surface area contributed by atoms with Crippen molar-refractivity contribution in [1.29, 1.82) is 0 Å². The highest BCUT2D eigenvalue weighted by Crippen LogP contribution is 2.59. The summed E-state index contributed by atoms with van der Waals surface area (Å²) in [5.41, 5.74) is 0.121. The second-order valence-corrected chi connectivity index (χ2v) is 12.7. The molecule has 4 nitrogen and oxygen atoms in total. The Labute approximate surface area is 189 Å². The SMILES string of the molecule is C[C@H]1CC[C@H]2[C@H](C)[C@H]3CC[C@@H]([C@@H]4C[C@@H](O)[C@H]5C[C@@H](O)CC[C@]5(C)[C@H]4C)C[C@@H]3C(=O)N2C1. The van der Waals surface area contributed by atoms with Crippen LogP contribution in [-0.4, -0.2) is 45.8 Å². The van der Waals surface area contributed by atoms with Gasteiger partial charge in [0.25, 0.3) is 0 Å². The van der Waals surface area contributed by atoms with Crippen LogP contribution in [0.3, 0.4) is 0 Å². The van der Waals surface area contributed by atoms with Gasteiger partial charge in [-0.05, 0) is 105 Å². The van der Waals surface area contributed by atoms with Gasteiger partial charge < -0.3 is 15.1 Å². The molecule has 176 valence electrons. The number of amides is 1. The van der Waals surface area contributed by atoms with Crippen LogP contribution in [0.1, 0.15) is 85.5 Å². The first kappa shape index (κ1) is 22.2. The fraction of sp³-hybridized carbons (Fsp3) is 0.963. The highest BCUT2D eigenvalue weighted by atomic mass is 16.3. The topological polar surface area (TPSA) is 60.8 Å². The van der Waals surface area contributed by atoms with Crippen molar-refractivity contribution in [3.63, 3.8) is 0 Å². The summed E-state index contributed by atoms with van der Waals surface area (Å²) in [4.78, 5) is 15.9. The first-order valence-corrected chi connectivity index (χ1v) is 13.4. The maximum absolute atomic E-state index is 13.6. The molecule has 5 aliphatic rings. The van der Waals surface area contributed by atoms with Crippen molar-refractivity contribution in [2.24, 2.45) is 52.8 Å². The van der Waals surface area contributed by atoms with Crippen LogP contribution in [0.2, 0.25) is 0 Å². The minimum Gasteiger partial charge on any atom is -0.393 e. The minimum atomic E-state index is -0.299. The molecule has 0 radical (unpaired) electrons. The molecule has 2 aliphatic heterocycles. The van der Waals surface area contributed by atoms with Crippen LogP contribution in [-0.2, 0) is 4.79 Å². The Balaban J connectivity index is 1.34. The predicted octanol–water partition coefficient (Wildman–Crippen LogP) is 4.48. The van der Waals surface area contributed by atoms with Gasteiger partial charge in [-0.3, -0.25) is 4.79 Å². The van der Waals surface area contributed by atoms with Crippen molar-refractivity contribution in [1.82, 2.24) is 4.90 Å². The highest BCUT2D eigenvalue weighted by Gasteiger charge is 2.56. The summed E-state index contributed by atoms with van der Waals surface area (Å²) in [5.74, 6) is 4.34. The summed E-state index contributed by atoms with van der Waals surface area (Å²) in [6.45, 7) is 10.5. The fourth-order valence-electron chi connectivity index (χ4n) is 9.24. The third-order valence-corrected chi connectivity index (χ3v) is 11.3. The van der Waals surface area contributed by atoms with Crippen LogP contribution in [0.4, 0.5) is 0 Å². The average molecular weight is 432 g/mol. The monoisotopic (exact) mass is 431 g/mol. The summed E-state index contributed by atoms with van der Waals surface area (Å²) in [6, 6.07) is 0.477. The molecule has 31 heavy (non-hydrogen) atoms. The molecule has 0 aromatic carbocycles. The van der Waals surface area contributed by atoms with Crippen molar-refractivity contribution >= 4 is 5.91 Å². The third kappa shape index (κ3) is 3.50. The van der Waals surface area contributed by atoms with Crippen LogP contribution < -0.4 is 0 Å². The van der Waals surface area contributed by atoms with E-state index in [-0.39, 0.29) is 29.5 Å². The van der Waals surface area contributed by atoms with Gasteiger partial charge >= 0.3 is 0 Å². The quantitative estimate of drug-likeness (QED) is 0.643. The lowest BCUT2D eigenvalue weighted by molar-refractivity contribution is -0.163. The largest absolute Gasteiger partial charge is 0.393 e. The zero-order valence-corrected chi connectivity index (χ0v) is 20.2. The second kappa shape index (κ2) is 8.01. The van der Waals surface area contributed by atoms with E-state index in [1.165, 1.54) is 25.7 Å². The number of carbonyl (C=O) groups excluding carboxylic acids is 1. The number of rotatable bonds is 1. The van der Waals surface area contributed by atoms with E-state index in [4.69, 9.17) is 0 Å². The van der Waals surface area contributed by atoms with Gasteiger partial charge in [-0.25, -0.2) is 0 Å². The number of nitrogens with zero attached hydrogens (tertiary/aromatic N) is 1. The molecule has 1 amide bonds. The zero-order valence-electron chi connectivity index (χ0n) is 20.2. The standard InChI is InChI=1S/C27H45NO3/c1-15-5-8-24-16(2)20-7-6-18(11-22(20)26(31)28(24)14-15)21-13-25(30)23-12-19(29)9-10-27(23,4)17(21)3/h15-25,29-30H,5-14H2,1-4H3/t15-,16+,17-,18+,19-,20+,21+,22-,23+,24-,25+,27+/m0/s1. The van der Waals surface area contributed by atoms with E-state index in [0.29, 0.717) is 47.5 Å². The van der Waals surface area contributed by atoms with Crippen LogP contribution >= 0.6 is 0 Å². The van der Waals surface area contributed by atoms with Gasteiger partial charge in [0.2, 0.25) is 5.91 Å². The molecule has 0 bridgehead atoms. The average Bonchev–Trinajstić information content (AvgIpc) is 2.75. The van der Waals surface area contributed by atoms with Gasteiger partial charge in [0, 0.05) is 18.5 Å². The first-order chi connectivity index (χ1) is 14.7. The number of aliphatic hydroxyl groups is 2. The predicted molar refractivity (Wildman–Crippen MR) is 122 cm³/mol. The van der Waals surface area contributed by atoms with E-state index < -0.39 is 0 Å². The lowest BCUT2D eigenvalue weighted by Gasteiger charge is -2.59. The van der Waals surface area contributed by atoms with Gasteiger partial charge in [-0.2, -0.15) is 0 Å². The second-order valence-electron chi connectivity index (χ2n) is 12.7. The van der Waals surface area contributed by atoms with Gasteiger partial charge in [0.1, 0.15) is 0 Å². The van der Waals surface area contributed by atoms with Gasteiger partial charge in [-0.15, -0.1) is 0 Å². The Morgan fingerprint density at radius 2 is 1.71 bits per heavy atom. The Bertz CT molecular complexity index is 696. The van der Waals surface area contributed by atoms with Crippen LogP contribution in [0.5, 0.6) is 0 Å². The van der Waals surface area contributed by atoms with Gasteiger partial charge in [-0.1, -0.05) is 27.7 Å². The molecule has 0 spiro atoms. The molecule has 0 aromatic heterocycles. The highest BCUT2D eigenvalue weighted by molar-refractivity contribution is 5.81. The number of aliphatic hydroxyl groups excluding tert-OH is 2. The molecule has 2 heterocycles. The van der Waals surface area contributed by atoms with E-state index in [2.05, 4.69) is 32.6 Å². The van der Waals surface area contributed by atoms with Crippen molar-refractivity contribution in [2.75, 3.05) is 6.54 Å². The maximum atomic E-state index is 13.6.